The van der Waals surface area contributed by atoms with Gasteiger partial charge in [0.1, 0.15) is 0 Å². The minimum Gasteiger partial charge on any atom is -0.348 e. The van der Waals surface area contributed by atoms with Gasteiger partial charge in [0.2, 0.25) is 0 Å². The number of para-hydroxylation sites is 1. The summed E-state index contributed by atoms with van der Waals surface area (Å²) in [4.78, 5) is 21.7. The Bertz CT molecular complexity index is 889. The van der Waals surface area contributed by atoms with Gasteiger partial charge in [-0.1, -0.05) is 18.2 Å². The quantitative estimate of drug-likeness (QED) is 0.774. The average molecular weight is 332 g/mol. The standard InChI is InChI=1S/C20H20N4O/c25-20(23-15-4-3-9-22-13-15)17-12-19(14-7-10-21-11-8-14)24-18-6-2-1-5-16(17)18/h1-2,5-8,10-12,15,22H,3-4,9,13H2,(H,23,25). The summed E-state index contributed by atoms with van der Waals surface area (Å²) in [6.45, 7) is 1.85. The van der Waals surface area contributed by atoms with E-state index in [1.807, 2.05) is 42.5 Å². The van der Waals surface area contributed by atoms with Crippen LogP contribution in [0.4, 0.5) is 0 Å². The maximum atomic E-state index is 12.9. The van der Waals surface area contributed by atoms with Gasteiger partial charge in [-0.05, 0) is 43.7 Å². The van der Waals surface area contributed by atoms with Crippen LogP contribution >= 0.6 is 0 Å². The minimum atomic E-state index is -0.0393. The number of nitrogens with zero attached hydrogens (tertiary/aromatic N) is 2. The molecule has 5 heteroatoms. The van der Waals surface area contributed by atoms with E-state index in [4.69, 9.17) is 4.98 Å². The molecule has 1 unspecified atom stereocenters. The molecule has 1 aliphatic rings. The van der Waals surface area contributed by atoms with Crippen molar-refractivity contribution in [2.75, 3.05) is 13.1 Å². The minimum absolute atomic E-state index is 0.0393. The van der Waals surface area contributed by atoms with Crippen molar-refractivity contribution in [3.8, 4) is 11.3 Å². The number of pyridine rings is 2. The second kappa shape index (κ2) is 6.99. The monoisotopic (exact) mass is 332 g/mol. The van der Waals surface area contributed by atoms with Crippen molar-refractivity contribution in [2.45, 2.75) is 18.9 Å². The number of carbonyl (C=O) groups is 1. The van der Waals surface area contributed by atoms with Crippen LogP contribution in [-0.2, 0) is 0 Å². The van der Waals surface area contributed by atoms with E-state index < -0.39 is 0 Å². The Morgan fingerprint density at radius 3 is 2.80 bits per heavy atom. The second-order valence-electron chi connectivity index (χ2n) is 6.32. The highest BCUT2D eigenvalue weighted by Gasteiger charge is 2.19. The summed E-state index contributed by atoms with van der Waals surface area (Å²) < 4.78 is 0. The lowest BCUT2D eigenvalue weighted by atomic mass is 10.0. The summed E-state index contributed by atoms with van der Waals surface area (Å²) in [7, 11) is 0. The predicted octanol–water partition coefficient (Wildman–Crippen LogP) is 2.78. The Hall–Kier alpha value is -2.79. The number of piperidine rings is 1. The molecule has 0 radical (unpaired) electrons. The molecule has 0 aliphatic carbocycles. The molecule has 0 saturated carbocycles. The fourth-order valence-electron chi connectivity index (χ4n) is 3.27. The smallest absolute Gasteiger partial charge is 0.252 e. The fraction of sp³-hybridized carbons (Fsp3) is 0.250. The van der Waals surface area contributed by atoms with Gasteiger partial charge >= 0.3 is 0 Å². The third kappa shape index (κ3) is 3.37. The second-order valence-corrected chi connectivity index (χ2v) is 6.32. The topological polar surface area (TPSA) is 66.9 Å². The number of carbonyl (C=O) groups excluding carboxylic acids is 1. The number of benzene rings is 1. The summed E-state index contributed by atoms with van der Waals surface area (Å²) in [5.41, 5.74) is 3.23. The van der Waals surface area contributed by atoms with Crippen LogP contribution in [0, 0.1) is 0 Å². The molecule has 1 fully saturated rings. The molecule has 1 aromatic carbocycles. The summed E-state index contributed by atoms with van der Waals surface area (Å²) in [6.07, 6.45) is 5.57. The van der Waals surface area contributed by atoms with Crippen LogP contribution in [-0.4, -0.2) is 35.0 Å². The first kappa shape index (κ1) is 15.7. The number of nitrogens with one attached hydrogen (secondary N) is 2. The molecule has 3 aromatic rings. The zero-order valence-electron chi connectivity index (χ0n) is 13.9. The molecular weight excluding hydrogens is 312 g/mol. The zero-order chi connectivity index (χ0) is 17.1. The lowest BCUT2D eigenvalue weighted by molar-refractivity contribution is 0.0932. The highest BCUT2D eigenvalue weighted by molar-refractivity contribution is 6.07. The number of rotatable bonds is 3. The molecule has 2 N–H and O–H groups in total. The molecule has 5 nitrogen and oxygen atoms in total. The first-order valence-electron chi connectivity index (χ1n) is 8.63. The molecule has 0 bridgehead atoms. The van der Waals surface area contributed by atoms with Gasteiger partial charge < -0.3 is 10.6 Å². The molecule has 2 aromatic heterocycles. The average Bonchev–Trinajstić information content (AvgIpc) is 2.68. The van der Waals surface area contributed by atoms with Crippen molar-refractivity contribution in [2.24, 2.45) is 0 Å². The first-order chi connectivity index (χ1) is 12.3. The van der Waals surface area contributed by atoms with Crippen LogP contribution in [0.3, 0.4) is 0 Å². The SMILES string of the molecule is O=C(NC1CCCNC1)c1cc(-c2ccncc2)nc2ccccc12. The Labute approximate surface area is 146 Å². The largest absolute Gasteiger partial charge is 0.348 e. The van der Waals surface area contributed by atoms with Crippen LogP contribution in [0.2, 0.25) is 0 Å². The summed E-state index contributed by atoms with van der Waals surface area (Å²) >= 11 is 0. The molecular formula is C20H20N4O. The number of amides is 1. The van der Waals surface area contributed by atoms with Crippen LogP contribution < -0.4 is 10.6 Å². The van der Waals surface area contributed by atoms with Crippen molar-refractivity contribution < 1.29 is 4.79 Å². The maximum Gasteiger partial charge on any atom is 0.252 e. The van der Waals surface area contributed by atoms with E-state index >= 15 is 0 Å². The maximum absolute atomic E-state index is 12.9. The number of fused-ring (bicyclic) bond motifs is 1. The highest BCUT2D eigenvalue weighted by atomic mass is 16.1. The van der Waals surface area contributed by atoms with Crippen molar-refractivity contribution >= 4 is 16.8 Å². The molecule has 1 amide bonds. The van der Waals surface area contributed by atoms with Gasteiger partial charge in [-0.3, -0.25) is 9.78 Å². The summed E-state index contributed by atoms with van der Waals surface area (Å²) in [6, 6.07) is 13.6. The third-order valence-corrected chi connectivity index (χ3v) is 4.57. The van der Waals surface area contributed by atoms with E-state index in [-0.39, 0.29) is 11.9 Å². The number of hydrogen-bond acceptors (Lipinski definition) is 4. The molecule has 126 valence electrons. The molecule has 25 heavy (non-hydrogen) atoms. The van der Waals surface area contributed by atoms with Crippen LogP contribution in [0.15, 0.2) is 54.9 Å². The predicted molar refractivity (Wildman–Crippen MR) is 98.3 cm³/mol. The highest BCUT2D eigenvalue weighted by Crippen LogP contribution is 2.24. The van der Waals surface area contributed by atoms with Gasteiger partial charge in [-0.25, -0.2) is 4.98 Å². The molecule has 4 rings (SSSR count). The van der Waals surface area contributed by atoms with E-state index in [0.717, 1.165) is 48.1 Å². The third-order valence-electron chi connectivity index (χ3n) is 4.57. The Morgan fingerprint density at radius 1 is 1.16 bits per heavy atom. The van der Waals surface area contributed by atoms with Gasteiger partial charge in [-0.2, -0.15) is 0 Å². The van der Waals surface area contributed by atoms with Gasteiger partial charge in [0.05, 0.1) is 16.8 Å². The van der Waals surface area contributed by atoms with Gasteiger partial charge in [0.15, 0.2) is 0 Å². The van der Waals surface area contributed by atoms with Gasteiger partial charge in [0.25, 0.3) is 5.91 Å². The lowest BCUT2D eigenvalue weighted by Gasteiger charge is -2.24. The molecule has 1 aliphatic heterocycles. The van der Waals surface area contributed by atoms with Crippen molar-refractivity contribution in [1.29, 1.82) is 0 Å². The van der Waals surface area contributed by atoms with Crippen LogP contribution in [0.5, 0.6) is 0 Å². The summed E-state index contributed by atoms with van der Waals surface area (Å²) in [5, 5.41) is 7.37. The van der Waals surface area contributed by atoms with E-state index in [1.54, 1.807) is 12.4 Å². The molecule has 1 atom stereocenters. The Morgan fingerprint density at radius 2 is 2.00 bits per heavy atom. The number of hydrogen-bond donors (Lipinski definition) is 2. The van der Waals surface area contributed by atoms with E-state index in [0.29, 0.717) is 5.56 Å². The summed E-state index contributed by atoms with van der Waals surface area (Å²) in [5.74, 6) is -0.0393. The van der Waals surface area contributed by atoms with Crippen molar-refractivity contribution in [3.05, 3.63) is 60.4 Å². The normalized spacial score (nSPS) is 17.4. The number of aromatic nitrogens is 2. The fourth-order valence-corrected chi connectivity index (χ4v) is 3.27. The molecule has 0 spiro atoms. The zero-order valence-corrected chi connectivity index (χ0v) is 13.9. The van der Waals surface area contributed by atoms with Gasteiger partial charge in [-0.15, -0.1) is 0 Å². The van der Waals surface area contributed by atoms with E-state index in [9.17, 15) is 4.79 Å². The van der Waals surface area contributed by atoms with E-state index in [2.05, 4.69) is 15.6 Å². The van der Waals surface area contributed by atoms with E-state index in [1.165, 1.54) is 0 Å². The van der Waals surface area contributed by atoms with Gasteiger partial charge in [0, 0.05) is 35.9 Å². The van der Waals surface area contributed by atoms with Crippen molar-refractivity contribution in [1.82, 2.24) is 20.6 Å². The van der Waals surface area contributed by atoms with Crippen LogP contribution in [0.1, 0.15) is 23.2 Å². The lowest BCUT2D eigenvalue weighted by Crippen LogP contribution is -2.45. The van der Waals surface area contributed by atoms with Crippen LogP contribution in [0.25, 0.3) is 22.2 Å². The van der Waals surface area contributed by atoms with Crippen molar-refractivity contribution in [3.63, 3.8) is 0 Å². The first-order valence-corrected chi connectivity index (χ1v) is 8.63. The molecule has 1 saturated heterocycles. The molecule has 3 heterocycles. The Balaban J connectivity index is 1.74. The Kier molecular flexibility index (Phi) is 4.39.